The fourth-order valence-electron chi connectivity index (χ4n) is 3.27. The van der Waals surface area contributed by atoms with Gasteiger partial charge in [0.15, 0.2) is 0 Å². The Hall–Kier alpha value is -1.38. The van der Waals surface area contributed by atoms with Gasteiger partial charge in [0, 0.05) is 13.1 Å². The molecular weight excluding hydrogens is 260 g/mol. The van der Waals surface area contributed by atoms with Crippen LogP contribution in [0.2, 0.25) is 0 Å². The van der Waals surface area contributed by atoms with Crippen molar-refractivity contribution in [2.75, 3.05) is 23.7 Å². The maximum Gasteiger partial charge on any atom is 0.144 e. The van der Waals surface area contributed by atoms with E-state index in [2.05, 4.69) is 24.0 Å². The molecule has 3 nitrogen and oxygen atoms in total. The second-order valence-corrected chi connectivity index (χ2v) is 6.43. The van der Waals surface area contributed by atoms with E-state index in [0.29, 0.717) is 0 Å². The molecule has 1 saturated heterocycles. The van der Waals surface area contributed by atoms with E-state index < -0.39 is 0 Å². The summed E-state index contributed by atoms with van der Waals surface area (Å²) in [6.07, 6.45) is 6.71. The highest BCUT2D eigenvalue weighted by Gasteiger charge is 2.19. The van der Waals surface area contributed by atoms with Gasteiger partial charge in [-0.3, -0.25) is 0 Å². The molecule has 0 aliphatic carbocycles. The molecule has 1 fully saturated rings. The van der Waals surface area contributed by atoms with Gasteiger partial charge in [-0.2, -0.15) is 0 Å². The zero-order chi connectivity index (χ0) is 15.2. The fraction of sp³-hybridized carbons (Fsp3) is 0.667. The SMILES string of the molecule is CCCC1CCCN(c2cccc(OC(C)C)c2N)CC1. The molecule has 1 aromatic rings. The number of nitrogen functional groups attached to an aromatic ring is 1. The van der Waals surface area contributed by atoms with Gasteiger partial charge in [0.05, 0.1) is 17.5 Å². The molecule has 1 aromatic carbocycles. The van der Waals surface area contributed by atoms with Crippen molar-refractivity contribution >= 4 is 11.4 Å². The van der Waals surface area contributed by atoms with E-state index in [4.69, 9.17) is 10.5 Å². The normalized spacial score (nSPS) is 19.6. The number of para-hydroxylation sites is 1. The van der Waals surface area contributed by atoms with Crippen molar-refractivity contribution in [1.29, 1.82) is 0 Å². The Morgan fingerprint density at radius 3 is 2.81 bits per heavy atom. The van der Waals surface area contributed by atoms with Crippen molar-refractivity contribution < 1.29 is 4.74 Å². The monoisotopic (exact) mass is 290 g/mol. The van der Waals surface area contributed by atoms with Gasteiger partial charge >= 0.3 is 0 Å². The van der Waals surface area contributed by atoms with Crippen LogP contribution in [0.1, 0.15) is 52.9 Å². The Morgan fingerprint density at radius 1 is 1.29 bits per heavy atom. The second kappa shape index (κ2) is 7.58. The van der Waals surface area contributed by atoms with Gasteiger partial charge in [0.25, 0.3) is 0 Å². The minimum atomic E-state index is 0.153. The highest BCUT2D eigenvalue weighted by atomic mass is 16.5. The minimum Gasteiger partial charge on any atom is -0.489 e. The van der Waals surface area contributed by atoms with E-state index in [9.17, 15) is 0 Å². The van der Waals surface area contributed by atoms with Crippen LogP contribution in [-0.4, -0.2) is 19.2 Å². The van der Waals surface area contributed by atoms with Gasteiger partial charge in [-0.1, -0.05) is 25.8 Å². The van der Waals surface area contributed by atoms with Crippen LogP contribution in [0.5, 0.6) is 5.75 Å². The predicted octanol–water partition coefficient (Wildman–Crippen LogP) is 4.46. The van der Waals surface area contributed by atoms with Crippen molar-refractivity contribution in [1.82, 2.24) is 0 Å². The van der Waals surface area contributed by atoms with E-state index in [0.717, 1.165) is 36.1 Å². The van der Waals surface area contributed by atoms with E-state index in [-0.39, 0.29) is 6.10 Å². The van der Waals surface area contributed by atoms with E-state index in [1.807, 2.05) is 19.9 Å². The van der Waals surface area contributed by atoms with Gasteiger partial charge in [-0.25, -0.2) is 0 Å². The van der Waals surface area contributed by atoms with Crippen molar-refractivity contribution in [2.24, 2.45) is 5.92 Å². The number of ether oxygens (including phenoxy) is 1. The Balaban J connectivity index is 2.10. The molecule has 0 saturated carbocycles. The number of nitrogens with zero attached hydrogens (tertiary/aromatic N) is 1. The lowest BCUT2D eigenvalue weighted by atomic mass is 9.96. The topological polar surface area (TPSA) is 38.5 Å². The second-order valence-electron chi connectivity index (χ2n) is 6.43. The van der Waals surface area contributed by atoms with Crippen LogP contribution in [-0.2, 0) is 0 Å². The quantitative estimate of drug-likeness (QED) is 0.814. The third-order valence-electron chi connectivity index (χ3n) is 4.29. The molecule has 3 heteroatoms. The van der Waals surface area contributed by atoms with Crippen LogP contribution in [0.3, 0.4) is 0 Å². The molecular formula is C18H30N2O. The Kier molecular flexibility index (Phi) is 5.77. The molecule has 1 unspecified atom stereocenters. The molecule has 21 heavy (non-hydrogen) atoms. The average Bonchev–Trinajstić information content (AvgIpc) is 2.67. The van der Waals surface area contributed by atoms with E-state index in [1.54, 1.807) is 0 Å². The molecule has 118 valence electrons. The molecule has 2 rings (SSSR count). The summed E-state index contributed by atoms with van der Waals surface area (Å²) in [5, 5.41) is 0. The lowest BCUT2D eigenvalue weighted by Gasteiger charge is -2.26. The van der Waals surface area contributed by atoms with Crippen LogP contribution < -0.4 is 15.4 Å². The van der Waals surface area contributed by atoms with Crippen molar-refractivity contribution in [2.45, 2.75) is 59.0 Å². The highest BCUT2D eigenvalue weighted by molar-refractivity contribution is 5.74. The zero-order valence-corrected chi connectivity index (χ0v) is 13.8. The van der Waals surface area contributed by atoms with Crippen molar-refractivity contribution in [3.05, 3.63) is 18.2 Å². The van der Waals surface area contributed by atoms with Crippen LogP contribution in [0.15, 0.2) is 18.2 Å². The molecule has 1 aliphatic rings. The first-order valence-electron chi connectivity index (χ1n) is 8.42. The summed E-state index contributed by atoms with van der Waals surface area (Å²) in [6.45, 7) is 8.57. The van der Waals surface area contributed by atoms with Crippen molar-refractivity contribution in [3.8, 4) is 5.75 Å². The summed E-state index contributed by atoms with van der Waals surface area (Å²) >= 11 is 0. The third kappa shape index (κ3) is 4.29. The molecule has 0 spiro atoms. The Bertz CT molecular complexity index is 445. The standard InChI is InChI=1S/C18H30N2O/c1-4-7-15-8-6-12-20(13-11-15)16-9-5-10-17(18(16)19)21-14(2)3/h5,9-10,14-15H,4,6-8,11-13,19H2,1-3H3. The molecule has 1 aliphatic heterocycles. The smallest absolute Gasteiger partial charge is 0.144 e. The Morgan fingerprint density at radius 2 is 2.10 bits per heavy atom. The van der Waals surface area contributed by atoms with Crippen LogP contribution >= 0.6 is 0 Å². The molecule has 0 amide bonds. The largest absolute Gasteiger partial charge is 0.489 e. The number of rotatable bonds is 5. The maximum atomic E-state index is 6.34. The minimum absolute atomic E-state index is 0.153. The molecule has 2 N–H and O–H groups in total. The van der Waals surface area contributed by atoms with Crippen LogP contribution in [0, 0.1) is 5.92 Å². The van der Waals surface area contributed by atoms with Gasteiger partial charge in [0.2, 0.25) is 0 Å². The van der Waals surface area contributed by atoms with Crippen molar-refractivity contribution in [3.63, 3.8) is 0 Å². The fourth-order valence-corrected chi connectivity index (χ4v) is 3.27. The van der Waals surface area contributed by atoms with Gasteiger partial charge < -0.3 is 15.4 Å². The number of benzene rings is 1. The van der Waals surface area contributed by atoms with E-state index >= 15 is 0 Å². The number of anilines is 2. The zero-order valence-electron chi connectivity index (χ0n) is 13.8. The summed E-state index contributed by atoms with van der Waals surface area (Å²) in [4.78, 5) is 2.44. The summed E-state index contributed by atoms with van der Waals surface area (Å²) in [6, 6.07) is 6.15. The summed E-state index contributed by atoms with van der Waals surface area (Å²) in [5.74, 6) is 1.70. The molecule has 0 aromatic heterocycles. The van der Waals surface area contributed by atoms with Crippen LogP contribution in [0.4, 0.5) is 11.4 Å². The lowest BCUT2D eigenvalue weighted by molar-refractivity contribution is 0.244. The first-order valence-corrected chi connectivity index (χ1v) is 8.42. The average molecular weight is 290 g/mol. The van der Waals surface area contributed by atoms with Crippen LogP contribution in [0.25, 0.3) is 0 Å². The molecule has 0 radical (unpaired) electrons. The first kappa shape index (κ1) is 16.0. The predicted molar refractivity (Wildman–Crippen MR) is 91.1 cm³/mol. The first-order chi connectivity index (χ1) is 10.1. The molecule has 0 bridgehead atoms. The van der Waals surface area contributed by atoms with E-state index in [1.165, 1.54) is 32.1 Å². The summed E-state index contributed by atoms with van der Waals surface area (Å²) in [7, 11) is 0. The third-order valence-corrected chi connectivity index (χ3v) is 4.29. The summed E-state index contributed by atoms with van der Waals surface area (Å²) < 4.78 is 5.82. The lowest BCUT2D eigenvalue weighted by Crippen LogP contribution is -2.25. The number of nitrogens with two attached hydrogens (primary N) is 1. The number of hydrogen-bond acceptors (Lipinski definition) is 3. The van der Waals surface area contributed by atoms with Gasteiger partial charge in [0.1, 0.15) is 5.75 Å². The highest BCUT2D eigenvalue weighted by Crippen LogP contribution is 2.35. The van der Waals surface area contributed by atoms with Gasteiger partial charge in [-0.05, 0) is 51.2 Å². The maximum absolute atomic E-state index is 6.34. The summed E-state index contributed by atoms with van der Waals surface area (Å²) in [5.41, 5.74) is 8.28. The molecule has 1 heterocycles. The number of hydrogen-bond donors (Lipinski definition) is 1. The Labute approximate surface area is 129 Å². The van der Waals surface area contributed by atoms with Gasteiger partial charge in [-0.15, -0.1) is 0 Å². The molecule has 1 atom stereocenters.